The molecule has 1 unspecified atom stereocenters. The molecule has 0 fully saturated rings. The Kier molecular flexibility index (Phi) is 5.02. The highest BCUT2D eigenvalue weighted by Crippen LogP contribution is 2.23. The molecular formula is C17H21NO2S. The summed E-state index contributed by atoms with van der Waals surface area (Å²) in [7, 11) is 0.624. The van der Waals surface area contributed by atoms with Crippen molar-refractivity contribution in [2.75, 3.05) is 12.8 Å². The highest BCUT2D eigenvalue weighted by atomic mass is 32.2. The predicted octanol–water partition coefficient (Wildman–Crippen LogP) is 3.34. The molecule has 0 aliphatic heterocycles. The molecule has 1 atom stereocenters. The van der Waals surface area contributed by atoms with Gasteiger partial charge in [-0.1, -0.05) is 35.4 Å². The lowest BCUT2D eigenvalue weighted by Gasteiger charge is -2.10. The number of ether oxygens (including phenoxy) is 1. The molecule has 3 nitrogen and oxygen atoms in total. The number of nitrogen functional groups attached to an aromatic ring is 1. The molecule has 0 aliphatic rings. The van der Waals surface area contributed by atoms with Crippen molar-refractivity contribution in [3.05, 3.63) is 58.7 Å². The monoisotopic (exact) mass is 303 g/mol. The fraction of sp³-hybridized carbons (Fsp3) is 0.294. The van der Waals surface area contributed by atoms with Gasteiger partial charge in [0.15, 0.2) is 0 Å². The summed E-state index contributed by atoms with van der Waals surface area (Å²) in [5.74, 6) is 1.72. The Morgan fingerprint density at radius 1 is 1.05 bits per heavy atom. The number of hydrogen-bond donors (Lipinski definition) is 1. The lowest BCUT2D eigenvalue weighted by Crippen LogP contribution is -2.02. The van der Waals surface area contributed by atoms with Gasteiger partial charge in [-0.15, -0.1) is 0 Å². The van der Waals surface area contributed by atoms with E-state index in [1.54, 1.807) is 13.2 Å². The van der Waals surface area contributed by atoms with Crippen LogP contribution in [0.3, 0.4) is 0 Å². The Bertz CT molecular complexity index is 648. The molecule has 0 aromatic heterocycles. The molecule has 0 amide bonds. The zero-order valence-electron chi connectivity index (χ0n) is 12.7. The Morgan fingerprint density at radius 2 is 1.71 bits per heavy atom. The van der Waals surface area contributed by atoms with E-state index in [4.69, 9.17) is 10.5 Å². The summed E-state index contributed by atoms with van der Waals surface area (Å²) in [4.78, 5) is 0. The summed E-state index contributed by atoms with van der Waals surface area (Å²) < 4.78 is 17.7. The van der Waals surface area contributed by atoms with Crippen molar-refractivity contribution in [3.8, 4) is 5.75 Å². The van der Waals surface area contributed by atoms with Gasteiger partial charge in [0, 0.05) is 33.9 Å². The van der Waals surface area contributed by atoms with E-state index in [2.05, 4.69) is 32.0 Å². The average Bonchev–Trinajstić information content (AvgIpc) is 2.39. The summed E-state index contributed by atoms with van der Waals surface area (Å²) in [6, 6.07) is 11.8. The maximum atomic E-state index is 12.4. The first kappa shape index (κ1) is 15.6. The van der Waals surface area contributed by atoms with Crippen LogP contribution in [-0.4, -0.2) is 11.3 Å². The van der Waals surface area contributed by atoms with Gasteiger partial charge in [0.25, 0.3) is 0 Å². The van der Waals surface area contributed by atoms with E-state index >= 15 is 0 Å². The molecule has 21 heavy (non-hydrogen) atoms. The van der Waals surface area contributed by atoms with E-state index in [9.17, 15) is 4.21 Å². The van der Waals surface area contributed by atoms with E-state index in [0.29, 0.717) is 22.9 Å². The Hall–Kier alpha value is -1.81. The van der Waals surface area contributed by atoms with E-state index in [1.807, 2.05) is 12.1 Å². The van der Waals surface area contributed by atoms with Gasteiger partial charge in [0.1, 0.15) is 5.75 Å². The van der Waals surface area contributed by atoms with Crippen molar-refractivity contribution in [3.63, 3.8) is 0 Å². The predicted molar refractivity (Wildman–Crippen MR) is 88.9 cm³/mol. The molecule has 0 aliphatic carbocycles. The fourth-order valence-corrected chi connectivity index (χ4v) is 3.67. The minimum Gasteiger partial charge on any atom is -0.496 e. The third kappa shape index (κ3) is 4.33. The molecule has 4 heteroatoms. The molecule has 2 aromatic rings. The van der Waals surface area contributed by atoms with Gasteiger partial charge in [-0.2, -0.15) is 0 Å². The first-order valence-electron chi connectivity index (χ1n) is 6.82. The van der Waals surface area contributed by atoms with Crippen LogP contribution in [0.15, 0.2) is 36.4 Å². The first-order chi connectivity index (χ1) is 9.97. The third-order valence-corrected chi connectivity index (χ3v) is 4.53. The number of hydrogen-bond acceptors (Lipinski definition) is 3. The van der Waals surface area contributed by atoms with Crippen LogP contribution in [-0.2, 0) is 22.3 Å². The van der Waals surface area contributed by atoms with Gasteiger partial charge in [-0.3, -0.25) is 4.21 Å². The quantitative estimate of drug-likeness (QED) is 0.862. The Balaban J connectivity index is 2.11. The van der Waals surface area contributed by atoms with Crippen molar-refractivity contribution in [2.24, 2.45) is 0 Å². The number of aryl methyl sites for hydroxylation is 2. The molecule has 0 radical (unpaired) electrons. The molecule has 0 saturated carbocycles. The molecule has 0 bridgehead atoms. The van der Waals surface area contributed by atoms with E-state index < -0.39 is 10.8 Å². The van der Waals surface area contributed by atoms with Gasteiger partial charge in [-0.05, 0) is 25.5 Å². The highest BCUT2D eigenvalue weighted by molar-refractivity contribution is 7.83. The van der Waals surface area contributed by atoms with Crippen LogP contribution in [0.4, 0.5) is 5.69 Å². The highest BCUT2D eigenvalue weighted by Gasteiger charge is 2.09. The average molecular weight is 303 g/mol. The zero-order chi connectivity index (χ0) is 15.4. The van der Waals surface area contributed by atoms with Crippen LogP contribution in [0.5, 0.6) is 5.75 Å². The summed E-state index contributed by atoms with van der Waals surface area (Å²) >= 11 is 0. The van der Waals surface area contributed by atoms with Crippen LogP contribution in [0.25, 0.3) is 0 Å². The number of nitrogens with two attached hydrogens (primary N) is 1. The van der Waals surface area contributed by atoms with Gasteiger partial charge in [0.2, 0.25) is 0 Å². The maximum absolute atomic E-state index is 12.4. The minimum atomic E-state index is -0.978. The Labute approximate surface area is 128 Å². The van der Waals surface area contributed by atoms with Crippen LogP contribution in [0, 0.1) is 13.8 Å². The third-order valence-electron chi connectivity index (χ3n) is 3.24. The second-order valence-corrected chi connectivity index (χ2v) is 6.75. The molecule has 0 spiro atoms. The standard InChI is InChI=1S/C17H21NO2S/c1-12-6-13(2)8-14(7-12)10-21(19)11-15-4-5-16(18)9-17(15)20-3/h4-9H,10-11,18H2,1-3H3. The SMILES string of the molecule is COc1cc(N)ccc1CS(=O)Cc1cc(C)cc(C)c1. The summed E-state index contributed by atoms with van der Waals surface area (Å²) in [6.45, 7) is 4.12. The van der Waals surface area contributed by atoms with Gasteiger partial charge in [-0.25, -0.2) is 0 Å². The van der Waals surface area contributed by atoms with Crippen LogP contribution in [0.1, 0.15) is 22.3 Å². The molecule has 0 heterocycles. The van der Waals surface area contributed by atoms with Crippen molar-refractivity contribution in [2.45, 2.75) is 25.4 Å². The molecule has 0 saturated heterocycles. The minimum absolute atomic E-state index is 0.469. The number of anilines is 1. The molecule has 112 valence electrons. The first-order valence-corrected chi connectivity index (χ1v) is 8.31. The molecular weight excluding hydrogens is 282 g/mol. The largest absolute Gasteiger partial charge is 0.496 e. The van der Waals surface area contributed by atoms with Crippen molar-refractivity contribution < 1.29 is 8.95 Å². The van der Waals surface area contributed by atoms with Crippen molar-refractivity contribution in [1.82, 2.24) is 0 Å². The van der Waals surface area contributed by atoms with Crippen LogP contribution < -0.4 is 10.5 Å². The second-order valence-electron chi connectivity index (χ2n) is 5.30. The normalized spacial score (nSPS) is 12.1. The lowest BCUT2D eigenvalue weighted by molar-refractivity contribution is 0.411. The van der Waals surface area contributed by atoms with Gasteiger partial charge < -0.3 is 10.5 Å². The van der Waals surface area contributed by atoms with E-state index in [-0.39, 0.29) is 0 Å². The van der Waals surface area contributed by atoms with Crippen LogP contribution in [0.2, 0.25) is 0 Å². The molecule has 2 aromatic carbocycles. The number of benzene rings is 2. The zero-order valence-corrected chi connectivity index (χ0v) is 13.5. The molecule has 2 N–H and O–H groups in total. The Morgan fingerprint density at radius 3 is 2.33 bits per heavy atom. The van der Waals surface area contributed by atoms with E-state index in [1.165, 1.54) is 11.1 Å². The van der Waals surface area contributed by atoms with Crippen molar-refractivity contribution in [1.29, 1.82) is 0 Å². The fourth-order valence-electron chi connectivity index (χ4n) is 2.44. The smallest absolute Gasteiger partial charge is 0.125 e. The molecule has 2 rings (SSSR count). The lowest BCUT2D eigenvalue weighted by atomic mass is 10.1. The summed E-state index contributed by atoms with van der Waals surface area (Å²) in [6.07, 6.45) is 0. The maximum Gasteiger partial charge on any atom is 0.125 e. The number of rotatable bonds is 5. The van der Waals surface area contributed by atoms with Gasteiger partial charge in [0.05, 0.1) is 12.9 Å². The summed E-state index contributed by atoms with van der Waals surface area (Å²) in [5.41, 5.74) is 10.8. The van der Waals surface area contributed by atoms with Crippen LogP contribution >= 0.6 is 0 Å². The second kappa shape index (κ2) is 6.76. The topological polar surface area (TPSA) is 52.3 Å². The van der Waals surface area contributed by atoms with Crippen molar-refractivity contribution >= 4 is 16.5 Å². The van der Waals surface area contributed by atoms with E-state index in [0.717, 1.165) is 11.1 Å². The van der Waals surface area contributed by atoms with Gasteiger partial charge >= 0.3 is 0 Å². The number of methoxy groups -OCH3 is 1. The summed E-state index contributed by atoms with van der Waals surface area (Å²) in [5, 5.41) is 0.